The van der Waals surface area contributed by atoms with E-state index in [2.05, 4.69) is 330 Å². The fraction of sp³-hybridized carbons (Fsp3) is 0.0400. The van der Waals surface area contributed by atoms with E-state index in [9.17, 15) is 0 Å². The van der Waals surface area contributed by atoms with Gasteiger partial charge in [0.15, 0.2) is 0 Å². The van der Waals surface area contributed by atoms with Crippen LogP contribution < -0.4 is 0 Å². The van der Waals surface area contributed by atoms with Crippen molar-refractivity contribution in [2.75, 3.05) is 0 Å². The summed E-state index contributed by atoms with van der Waals surface area (Å²) in [5.74, 6) is 0. The lowest BCUT2D eigenvalue weighted by Gasteiger charge is -2.18. The van der Waals surface area contributed by atoms with Crippen LogP contribution in [0.15, 0.2) is 255 Å². The van der Waals surface area contributed by atoms with E-state index in [1.807, 2.05) is 0 Å². The Bertz CT molecular complexity index is 3130. The van der Waals surface area contributed by atoms with Crippen molar-refractivity contribution in [3.05, 3.63) is 355 Å². The molecule has 0 unspecified atom stereocenters. The maximum atomic E-state index is 2.30. The summed E-state index contributed by atoms with van der Waals surface area (Å²) >= 11 is 0. The Labute approximate surface area is 444 Å². The molecule has 0 spiro atoms. The summed E-state index contributed by atoms with van der Waals surface area (Å²) in [7, 11) is 0. The van der Waals surface area contributed by atoms with Crippen molar-refractivity contribution >= 4 is 71.4 Å². The molecule has 0 heterocycles. The zero-order valence-corrected chi connectivity index (χ0v) is 42.9. The molecule has 0 amide bonds. The molecule has 75 heavy (non-hydrogen) atoms. The van der Waals surface area contributed by atoms with Gasteiger partial charge in [-0.1, -0.05) is 291 Å². The third-order valence-electron chi connectivity index (χ3n) is 14.0. The van der Waals surface area contributed by atoms with E-state index in [0.717, 1.165) is 33.4 Å². The Morgan fingerprint density at radius 3 is 0.560 bits per heavy atom. The number of hydrogen-bond donors (Lipinski definition) is 0. The van der Waals surface area contributed by atoms with Gasteiger partial charge in [-0.15, -0.1) is 0 Å². The van der Waals surface area contributed by atoms with Crippen molar-refractivity contribution < 1.29 is 0 Å². The Kier molecular flexibility index (Phi) is 15.7. The highest BCUT2D eigenvalue weighted by Crippen LogP contribution is 2.34. The van der Waals surface area contributed by atoms with Gasteiger partial charge < -0.3 is 0 Å². The molecule has 0 radical (unpaired) electrons. The topological polar surface area (TPSA) is 0 Å². The maximum Gasteiger partial charge on any atom is -0.0105 e. The summed E-state index contributed by atoms with van der Waals surface area (Å²) in [6, 6.07) is 90.5. The first kappa shape index (κ1) is 49.2. The van der Waals surface area contributed by atoms with Crippen LogP contribution in [0.4, 0.5) is 0 Å². The first-order chi connectivity index (χ1) is 36.9. The largest absolute Gasteiger partial charge is 0.0622 e. The summed E-state index contributed by atoms with van der Waals surface area (Å²) < 4.78 is 0. The first-order valence-corrected chi connectivity index (χ1v) is 25.9. The van der Waals surface area contributed by atoms with Gasteiger partial charge in [0.2, 0.25) is 0 Å². The van der Waals surface area contributed by atoms with Crippen LogP contribution >= 0.6 is 0 Å². The van der Waals surface area contributed by atoms with Crippen LogP contribution in [0.5, 0.6) is 0 Å². The van der Waals surface area contributed by atoms with Crippen LogP contribution in [-0.2, 0) is 0 Å². The number of hydrogen-bond acceptors (Lipinski definition) is 0. The van der Waals surface area contributed by atoms with Gasteiger partial charge in [-0.2, -0.15) is 0 Å². The molecule has 0 aliphatic heterocycles. The van der Waals surface area contributed by atoms with Crippen LogP contribution in [0.2, 0.25) is 0 Å². The molecular weight excluding hydrogens is 901 g/mol. The molecule has 0 saturated carbocycles. The van der Waals surface area contributed by atoms with Gasteiger partial charge in [-0.05, 0) is 156 Å². The number of benzene rings is 10. The second kappa shape index (κ2) is 23.9. The second-order valence-electron chi connectivity index (χ2n) is 19.0. The lowest BCUT2D eigenvalue weighted by molar-refractivity contribution is 1.27. The van der Waals surface area contributed by atoms with E-state index < -0.39 is 0 Å². The molecule has 0 nitrogen and oxygen atoms in total. The Morgan fingerprint density at radius 1 is 0.200 bits per heavy atom. The molecule has 0 heteroatoms. The van der Waals surface area contributed by atoms with Gasteiger partial charge in [-0.3, -0.25) is 0 Å². The lowest BCUT2D eigenvalue weighted by atomic mass is 9.87. The molecule has 0 aliphatic carbocycles. The van der Waals surface area contributed by atoms with Crippen LogP contribution in [0, 0.1) is 20.8 Å². The van der Waals surface area contributed by atoms with Gasteiger partial charge in [0.1, 0.15) is 0 Å². The number of rotatable bonds is 15. The zero-order valence-electron chi connectivity index (χ0n) is 42.9. The Morgan fingerprint density at radius 2 is 0.373 bits per heavy atom. The average molecular weight is 961 g/mol. The SMILES string of the molecule is Cc1c(C=Cc2ccc(C=C(c3ccccc3)c3ccccc3)cc2)c(C)c(C=Cc2ccc(C=C(c3ccccc3)c3ccccc3)cc2)c(C)c1C=Cc1ccc(C=C(c2ccccc2)c2ccccc2)cc1. The highest BCUT2D eigenvalue weighted by molar-refractivity contribution is 5.94. The lowest BCUT2D eigenvalue weighted by Crippen LogP contribution is -2.00. The predicted molar refractivity (Wildman–Crippen MR) is 326 cm³/mol. The average Bonchev–Trinajstić information content (AvgIpc) is 3.48. The molecule has 10 aromatic rings. The smallest absolute Gasteiger partial charge is 0.0105 e. The fourth-order valence-electron chi connectivity index (χ4n) is 9.88. The molecule has 0 bridgehead atoms. The highest BCUT2D eigenvalue weighted by atomic mass is 14.2. The first-order valence-electron chi connectivity index (χ1n) is 25.9. The van der Waals surface area contributed by atoms with Crippen LogP contribution in [0.3, 0.4) is 0 Å². The normalized spacial score (nSPS) is 11.2. The highest BCUT2D eigenvalue weighted by Gasteiger charge is 2.14. The van der Waals surface area contributed by atoms with Crippen molar-refractivity contribution in [2.24, 2.45) is 0 Å². The summed E-state index contributed by atoms with van der Waals surface area (Å²) in [6.07, 6.45) is 20.5. The summed E-state index contributed by atoms with van der Waals surface area (Å²) in [5, 5.41) is 0. The van der Waals surface area contributed by atoms with E-state index in [0.29, 0.717) is 0 Å². The molecule has 360 valence electrons. The third-order valence-corrected chi connectivity index (χ3v) is 14.0. The molecule has 0 aliphatic rings. The molecule has 0 aromatic heterocycles. The molecule has 0 atom stereocenters. The van der Waals surface area contributed by atoms with E-state index in [1.165, 1.54) is 83.5 Å². The molecule has 0 fully saturated rings. The Hall–Kier alpha value is -9.36. The van der Waals surface area contributed by atoms with Gasteiger partial charge in [-0.25, -0.2) is 0 Å². The van der Waals surface area contributed by atoms with E-state index in [4.69, 9.17) is 0 Å². The molecule has 0 saturated heterocycles. The molecule has 10 rings (SSSR count). The minimum Gasteiger partial charge on any atom is -0.0622 e. The summed E-state index contributed by atoms with van der Waals surface area (Å²) in [4.78, 5) is 0. The minimum atomic E-state index is 1.15. The summed E-state index contributed by atoms with van der Waals surface area (Å²) in [6.45, 7) is 6.80. The standard InChI is InChI=1S/C75H60/c1-55-70(49-46-58-34-40-61(41-35-58)52-73(64-22-10-4-11-23-64)65-24-12-5-13-25-65)56(2)72(51-48-60-38-44-63(45-39-60)54-75(68-30-18-8-19-31-68)69-32-20-9-21-33-69)57(3)71(55)50-47-59-36-42-62(43-37-59)53-74(66-26-14-6-15-27-66)67-28-16-7-17-29-67/h4-54H,1-3H3. The van der Waals surface area contributed by atoms with Crippen molar-refractivity contribution in [2.45, 2.75) is 20.8 Å². The van der Waals surface area contributed by atoms with Crippen LogP contribution in [0.1, 0.15) is 100 Å². The van der Waals surface area contributed by atoms with Gasteiger partial charge in [0, 0.05) is 0 Å². The van der Waals surface area contributed by atoms with Gasteiger partial charge in [0.25, 0.3) is 0 Å². The molecular formula is C75H60. The van der Waals surface area contributed by atoms with Crippen LogP contribution in [-0.4, -0.2) is 0 Å². The fourth-order valence-corrected chi connectivity index (χ4v) is 9.88. The predicted octanol–water partition coefficient (Wildman–Crippen LogP) is 19.9. The van der Waals surface area contributed by atoms with Crippen molar-refractivity contribution in [1.29, 1.82) is 0 Å². The zero-order chi connectivity index (χ0) is 51.2. The minimum absolute atomic E-state index is 1.15. The van der Waals surface area contributed by atoms with E-state index in [1.54, 1.807) is 0 Å². The van der Waals surface area contributed by atoms with Crippen LogP contribution in [0.25, 0.3) is 71.4 Å². The monoisotopic (exact) mass is 960 g/mol. The van der Waals surface area contributed by atoms with E-state index in [-0.39, 0.29) is 0 Å². The van der Waals surface area contributed by atoms with Crippen molar-refractivity contribution in [1.82, 2.24) is 0 Å². The quantitative estimate of drug-likeness (QED) is 0.0898. The molecule has 10 aromatic carbocycles. The van der Waals surface area contributed by atoms with Crippen molar-refractivity contribution in [3.8, 4) is 0 Å². The van der Waals surface area contributed by atoms with Crippen molar-refractivity contribution in [3.63, 3.8) is 0 Å². The second-order valence-corrected chi connectivity index (χ2v) is 19.0. The third kappa shape index (κ3) is 12.3. The summed E-state index contributed by atoms with van der Waals surface area (Å²) in [5.41, 5.74) is 25.1. The van der Waals surface area contributed by atoms with Gasteiger partial charge in [0.05, 0.1) is 0 Å². The molecule has 0 N–H and O–H groups in total. The maximum absolute atomic E-state index is 2.30. The van der Waals surface area contributed by atoms with E-state index >= 15 is 0 Å². The Balaban J connectivity index is 0.975. The van der Waals surface area contributed by atoms with Gasteiger partial charge >= 0.3 is 0 Å².